The highest BCUT2D eigenvalue weighted by Gasteiger charge is 2.16. The summed E-state index contributed by atoms with van der Waals surface area (Å²) in [4.78, 5) is 12.1. The van der Waals surface area contributed by atoms with E-state index in [4.69, 9.17) is 5.73 Å². The molecule has 0 aliphatic carbocycles. The molecule has 0 heterocycles. The minimum absolute atomic E-state index is 0. The van der Waals surface area contributed by atoms with Gasteiger partial charge < -0.3 is 11.1 Å². The lowest BCUT2D eigenvalue weighted by atomic mass is 10.1. The van der Waals surface area contributed by atoms with Crippen LogP contribution in [0.3, 0.4) is 0 Å². The number of carbonyl (C=O) groups is 1. The van der Waals surface area contributed by atoms with Crippen molar-refractivity contribution in [2.45, 2.75) is 38.1 Å². The van der Waals surface area contributed by atoms with Gasteiger partial charge in [0.25, 0.3) is 5.91 Å². The molecule has 0 aliphatic rings. The minimum Gasteiger partial charge on any atom is -0.350 e. The second kappa shape index (κ2) is 8.63. The third kappa shape index (κ3) is 7.78. The van der Waals surface area contributed by atoms with Crippen LogP contribution in [-0.2, 0) is 10.0 Å². The van der Waals surface area contributed by atoms with Gasteiger partial charge in [0.05, 0.1) is 4.90 Å². The fourth-order valence-electron chi connectivity index (χ4n) is 1.56. The third-order valence-corrected chi connectivity index (χ3v) is 4.25. The molecule has 0 unspecified atom stereocenters. The normalized spacial score (nSPS) is 11.9. The molecule has 0 bridgehead atoms. The molecule has 0 aliphatic heterocycles. The predicted octanol–water partition coefficient (Wildman–Crippen LogP) is 1.51. The number of rotatable bonds is 7. The Morgan fingerprint density at radius 1 is 1.22 bits per heavy atom. The second-order valence-electron chi connectivity index (χ2n) is 6.44. The minimum atomic E-state index is -3.54. The number of hydrogen-bond acceptors (Lipinski definition) is 4. The lowest BCUT2D eigenvalue weighted by Gasteiger charge is -2.18. The Morgan fingerprint density at radius 3 is 2.17 bits per heavy atom. The van der Waals surface area contributed by atoms with Crippen LogP contribution in [0.15, 0.2) is 29.2 Å². The maximum Gasteiger partial charge on any atom is 0.251 e. The number of carbonyl (C=O) groups excluding carboxylic acids is 1. The molecule has 0 radical (unpaired) electrons. The van der Waals surface area contributed by atoms with Crippen LogP contribution in [0.2, 0.25) is 0 Å². The first-order chi connectivity index (χ1) is 10.0. The Bertz CT molecular complexity index is 608. The summed E-state index contributed by atoms with van der Waals surface area (Å²) >= 11 is 0. The van der Waals surface area contributed by atoms with Gasteiger partial charge in [0.1, 0.15) is 0 Å². The summed E-state index contributed by atoms with van der Waals surface area (Å²) in [6.07, 6.45) is 0. The molecule has 8 heteroatoms. The Kier molecular flexibility index (Phi) is 8.20. The van der Waals surface area contributed by atoms with Gasteiger partial charge in [0.2, 0.25) is 10.0 Å². The highest BCUT2D eigenvalue weighted by Crippen LogP contribution is 2.11. The zero-order valence-electron chi connectivity index (χ0n) is 13.9. The molecular formula is C15H26ClN3O3S. The number of sulfonamides is 1. The van der Waals surface area contributed by atoms with E-state index in [-0.39, 0.29) is 29.1 Å². The van der Waals surface area contributed by atoms with Gasteiger partial charge in [-0.25, -0.2) is 13.1 Å². The summed E-state index contributed by atoms with van der Waals surface area (Å²) in [7, 11) is -3.54. The van der Waals surface area contributed by atoms with Crippen molar-refractivity contribution >= 4 is 28.3 Å². The van der Waals surface area contributed by atoms with Crippen LogP contribution in [0.1, 0.15) is 38.1 Å². The molecule has 23 heavy (non-hydrogen) atoms. The van der Waals surface area contributed by atoms with E-state index in [1.54, 1.807) is 0 Å². The van der Waals surface area contributed by atoms with Crippen LogP contribution in [0, 0.1) is 5.92 Å². The van der Waals surface area contributed by atoms with E-state index in [0.29, 0.717) is 18.7 Å². The average molecular weight is 364 g/mol. The molecule has 0 saturated heterocycles. The molecule has 1 amide bonds. The van der Waals surface area contributed by atoms with Gasteiger partial charge in [-0.1, -0.05) is 13.8 Å². The van der Waals surface area contributed by atoms with E-state index < -0.39 is 15.6 Å². The van der Waals surface area contributed by atoms with E-state index in [1.807, 2.05) is 27.7 Å². The quantitative estimate of drug-likeness (QED) is 0.683. The maximum absolute atomic E-state index is 12.0. The van der Waals surface area contributed by atoms with Crippen LogP contribution < -0.4 is 15.8 Å². The van der Waals surface area contributed by atoms with E-state index in [0.717, 1.165) is 0 Å². The molecule has 0 aromatic heterocycles. The monoisotopic (exact) mass is 363 g/mol. The standard InChI is InChI=1S/C15H25N3O3S.ClH/c1-11(2)9-18-22(20,21)13-7-5-12(6-8-13)14(19)17-10-15(3,4)16;/h5-8,11,18H,9-10,16H2,1-4H3,(H,17,19);1H. The Labute approximate surface area is 144 Å². The van der Waals surface area contributed by atoms with Crippen LogP contribution in [0.25, 0.3) is 0 Å². The highest BCUT2D eigenvalue weighted by atomic mass is 35.5. The van der Waals surface area contributed by atoms with Crippen molar-refractivity contribution in [1.29, 1.82) is 0 Å². The lowest BCUT2D eigenvalue weighted by Crippen LogP contribution is -2.45. The highest BCUT2D eigenvalue weighted by molar-refractivity contribution is 7.89. The molecule has 6 nitrogen and oxygen atoms in total. The van der Waals surface area contributed by atoms with E-state index in [2.05, 4.69) is 10.0 Å². The molecule has 0 atom stereocenters. The Balaban J connectivity index is 0.00000484. The van der Waals surface area contributed by atoms with Crippen LogP contribution in [0.4, 0.5) is 0 Å². The van der Waals surface area contributed by atoms with Gasteiger partial charge in [-0.15, -0.1) is 12.4 Å². The molecule has 1 rings (SSSR count). The summed E-state index contributed by atoms with van der Waals surface area (Å²) < 4.78 is 26.6. The lowest BCUT2D eigenvalue weighted by molar-refractivity contribution is 0.0946. The number of nitrogens with one attached hydrogen (secondary N) is 2. The van der Waals surface area contributed by atoms with Crippen molar-refractivity contribution in [3.05, 3.63) is 29.8 Å². The Morgan fingerprint density at radius 2 is 1.74 bits per heavy atom. The molecule has 1 aromatic carbocycles. The Hall–Kier alpha value is -1.15. The number of hydrogen-bond donors (Lipinski definition) is 3. The third-order valence-electron chi connectivity index (χ3n) is 2.81. The van der Waals surface area contributed by atoms with E-state index in [9.17, 15) is 13.2 Å². The number of amides is 1. The van der Waals surface area contributed by atoms with Crippen molar-refractivity contribution in [2.24, 2.45) is 11.7 Å². The van der Waals surface area contributed by atoms with Crippen LogP contribution >= 0.6 is 12.4 Å². The predicted molar refractivity (Wildman–Crippen MR) is 94.3 cm³/mol. The van der Waals surface area contributed by atoms with Crippen molar-refractivity contribution in [1.82, 2.24) is 10.0 Å². The SMILES string of the molecule is CC(C)CNS(=O)(=O)c1ccc(C(=O)NCC(C)(C)N)cc1.Cl. The molecule has 4 N–H and O–H groups in total. The van der Waals surface area contributed by atoms with E-state index >= 15 is 0 Å². The largest absolute Gasteiger partial charge is 0.350 e. The smallest absolute Gasteiger partial charge is 0.251 e. The summed E-state index contributed by atoms with van der Waals surface area (Å²) in [6.45, 7) is 8.18. The first-order valence-corrected chi connectivity index (χ1v) is 8.66. The van der Waals surface area contributed by atoms with Gasteiger partial charge in [0.15, 0.2) is 0 Å². The molecule has 0 fully saturated rings. The zero-order chi connectivity index (χ0) is 17.0. The van der Waals surface area contributed by atoms with Gasteiger partial charge in [0, 0.05) is 24.2 Å². The fraction of sp³-hybridized carbons (Fsp3) is 0.533. The molecule has 0 saturated carbocycles. The summed E-state index contributed by atoms with van der Waals surface area (Å²) in [5, 5.41) is 2.71. The molecule has 132 valence electrons. The first kappa shape index (κ1) is 21.9. The molecular weight excluding hydrogens is 338 g/mol. The summed E-state index contributed by atoms with van der Waals surface area (Å²) in [6, 6.07) is 5.82. The van der Waals surface area contributed by atoms with Crippen molar-refractivity contribution in [3.63, 3.8) is 0 Å². The second-order valence-corrected chi connectivity index (χ2v) is 8.21. The van der Waals surface area contributed by atoms with Crippen LogP contribution in [-0.4, -0.2) is 33.0 Å². The number of halogens is 1. The van der Waals surface area contributed by atoms with Crippen molar-refractivity contribution in [2.75, 3.05) is 13.1 Å². The summed E-state index contributed by atoms with van der Waals surface area (Å²) in [5.41, 5.74) is 5.69. The maximum atomic E-state index is 12.0. The number of nitrogens with two attached hydrogens (primary N) is 1. The molecule has 0 spiro atoms. The van der Waals surface area contributed by atoms with Gasteiger partial charge >= 0.3 is 0 Å². The van der Waals surface area contributed by atoms with Gasteiger partial charge in [-0.05, 0) is 44.0 Å². The van der Waals surface area contributed by atoms with E-state index in [1.165, 1.54) is 24.3 Å². The van der Waals surface area contributed by atoms with Gasteiger partial charge in [-0.3, -0.25) is 4.79 Å². The topological polar surface area (TPSA) is 101 Å². The van der Waals surface area contributed by atoms with Crippen molar-refractivity contribution < 1.29 is 13.2 Å². The molecule has 1 aromatic rings. The fourth-order valence-corrected chi connectivity index (χ4v) is 2.77. The summed E-state index contributed by atoms with van der Waals surface area (Å²) in [5.74, 6) is -0.0583. The zero-order valence-corrected chi connectivity index (χ0v) is 15.6. The number of benzene rings is 1. The van der Waals surface area contributed by atoms with Crippen LogP contribution in [0.5, 0.6) is 0 Å². The van der Waals surface area contributed by atoms with Crippen molar-refractivity contribution in [3.8, 4) is 0 Å². The first-order valence-electron chi connectivity index (χ1n) is 7.18. The average Bonchev–Trinajstić information content (AvgIpc) is 2.42. The van der Waals surface area contributed by atoms with Gasteiger partial charge in [-0.2, -0.15) is 0 Å².